The van der Waals surface area contributed by atoms with Gasteiger partial charge >= 0.3 is 0 Å². The molecule has 7 heteroatoms. The molecule has 0 aromatic carbocycles. The van der Waals surface area contributed by atoms with Crippen LogP contribution in [0.1, 0.15) is 41.0 Å². The fraction of sp³-hybridized carbons (Fsp3) is 0.824. The standard InChI is InChI=1S/C17H26O7/c1-10(18)7-6-8-17(19)12(11-9-20-15(2,3)22-11)21-14-13(17)23-16(4,5)24-14/h6-7,11-14,19H,8-9H2,1-5H3/b7-6+/t11-,12-,13+,14-,17-/m1/s1. The summed E-state index contributed by atoms with van der Waals surface area (Å²) < 4.78 is 29.0. The van der Waals surface area contributed by atoms with Gasteiger partial charge in [0, 0.05) is 0 Å². The summed E-state index contributed by atoms with van der Waals surface area (Å²) in [5.74, 6) is -1.66. The van der Waals surface area contributed by atoms with Crippen molar-refractivity contribution in [3.05, 3.63) is 12.2 Å². The molecule has 3 heterocycles. The molecule has 0 aliphatic carbocycles. The highest BCUT2D eigenvalue weighted by Crippen LogP contribution is 2.47. The van der Waals surface area contributed by atoms with E-state index in [0.29, 0.717) is 6.61 Å². The molecule has 3 rings (SSSR count). The third kappa shape index (κ3) is 3.29. The highest BCUT2D eigenvalue weighted by Gasteiger charge is 2.65. The van der Waals surface area contributed by atoms with Crippen LogP contribution in [-0.2, 0) is 28.5 Å². The minimum absolute atomic E-state index is 0.0869. The minimum atomic E-state index is -1.38. The second kappa shape index (κ2) is 5.86. The zero-order chi connectivity index (χ0) is 17.8. The van der Waals surface area contributed by atoms with Gasteiger partial charge in [-0.2, -0.15) is 0 Å². The number of hydrogen-bond acceptors (Lipinski definition) is 7. The molecule has 0 saturated carbocycles. The molecule has 3 aliphatic rings. The Morgan fingerprint density at radius 2 is 1.83 bits per heavy atom. The van der Waals surface area contributed by atoms with Crippen LogP contribution in [0.2, 0.25) is 0 Å². The van der Waals surface area contributed by atoms with E-state index in [9.17, 15) is 9.90 Å². The van der Waals surface area contributed by atoms with E-state index in [1.165, 1.54) is 13.0 Å². The zero-order valence-corrected chi connectivity index (χ0v) is 14.8. The Morgan fingerprint density at radius 3 is 2.42 bits per heavy atom. The average molecular weight is 342 g/mol. The maximum atomic E-state index is 11.4. The van der Waals surface area contributed by atoms with Gasteiger partial charge in [0.05, 0.1) is 6.61 Å². The number of ketones is 1. The molecule has 0 spiro atoms. The molecule has 0 bridgehead atoms. The van der Waals surface area contributed by atoms with Crippen LogP contribution in [0.4, 0.5) is 0 Å². The van der Waals surface area contributed by atoms with Crippen LogP contribution in [0.25, 0.3) is 0 Å². The highest BCUT2D eigenvalue weighted by molar-refractivity contribution is 5.87. The molecular weight excluding hydrogens is 316 g/mol. The smallest absolute Gasteiger partial charge is 0.190 e. The summed E-state index contributed by atoms with van der Waals surface area (Å²) in [4.78, 5) is 11.2. The van der Waals surface area contributed by atoms with E-state index < -0.39 is 41.8 Å². The number of carbonyl (C=O) groups is 1. The van der Waals surface area contributed by atoms with Crippen molar-refractivity contribution in [3.8, 4) is 0 Å². The zero-order valence-electron chi connectivity index (χ0n) is 14.8. The number of rotatable bonds is 4. The predicted molar refractivity (Wildman–Crippen MR) is 83.0 cm³/mol. The van der Waals surface area contributed by atoms with Crippen LogP contribution in [0, 0.1) is 0 Å². The van der Waals surface area contributed by atoms with Crippen molar-refractivity contribution in [1.29, 1.82) is 0 Å². The van der Waals surface area contributed by atoms with Crippen molar-refractivity contribution in [3.63, 3.8) is 0 Å². The van der Waals surface area contributed by atoms with Gasteiger partial charge in [0.25, 0.3) is 0 Å². The van der Waals surface area contributed by atoms with Crippen LogP contribution in [-0.4, -0.2) is 59.3 Å². The molecule has 0 aromatic heterocycles. The fourth-order valence-corrected chi connectivity index (χ4v) is 3.51. The lowest BCUT2D eigenvalue weighted by atomic mass is 9.86. The second-order valence-electron chi connectivity index (χ2n) is 7.56. The SMILES string of the molecule is CC(=O)/C=C/C[C@@]1(O)[C@@H]([C@H]2COC(C)(C)O2)O[C@@H]2OC(C)(C)O[C@@H]21. The quantitative estimate of drug-likeness (QED) is 0.771. The summed E-state index contributed by atoms with van der Waals surface area (Å²) in [5.41, 5.74) is -1.38. The van der Waals surface area contributed by atoms with Gasteiger partial charge in [0.1, 0.15) is 23.9 Å². The number of fused-ring (bicyclic) bond motifs is 1. The summed E-state index contributed by atoms with van der Waals surface area (Å²) in [7, 11) is 0. The lowest BCUT2D eigenvalue weighted by molar-refractivity contribution is -0.247. The molecule has 0 radical (unpaired) electrons. The Labute approximate surface area is 141 Å². The van der Waals surface area contributed by atoms with Crippen molar-refractivity contribution < 1.29 is 33.6 Å². The fourth-order valence-electron chi connectivity index (χ4n) is 3.51. The van der Waals surface area contributed by atoms with Crippen LogP contribution >= 0.6 is 0 Å². The van der Waals surface area contributed by atoms with E-state index in [2.05, 4.69) is 0 Å². The summed E-state index contributed by atoms with van der Waals surface area (Å²) in [6.45, 7) is 8.93. The van der Waals surface area contributed by atoms with Crippen molar-refractivity contribution in [2.45, 2.75) is 82.8 Å². The molecule has 136 valence electrons. The average Bonchev–Trinajstić information content (AvgIpc) is 3.01. The number of carbonyl (C=O) groups excluding carboxylic acids is 1. The van der Waals surface area contributed by atoms with Gasteiger partial charge in [0.2, 0.25) is 0 Å². The number of ether oxygens (including phenoxy) is 5. The molecule has 1 N–H and O–H groups in total. The first kappa shape index (κ1) is 18.0. The molecular formula is C17H26O7. The molecule has 24 heavy (non-hydrogen) atoms. The largest absolute Gasteiger partial charge is 0.384 e. The third-order valence-electron chi connectivity index (χ3n) is 4.49. The monoisotopic (exact) mass is 342 g/mol. The Bertz CT molecular complexity index is 541. The molecule has 3 saturated heterocycles. The summed E-state index contributed by atoms with van der Waals surface area (Å²) >= 11 is 0. The molecule has 3 fully saturated rings. The second-order valence-corrected chi connectivity index (χ2v) is 7.56. The lowest BCUT2D eigenvalue weighted by Gasteiger charge is -2.35. The molecule has 0 aromatic rings. The van der Waals surface area contributed by atoms with E-state index in [4.69, 9.17) is 23.7 Å². The van der Waals surface area contributed by atoms with Crippen molar-refractivity contribution in [2.24, 2.45) is 0 Å². The van der Waals surface area contributed by atoms with Crippen molar-refractivity contribution in [1.82, 2.24) is 0 Å². The maximum Gasteiger partial charge on any atom is 0.190 e. The summed E-state index contributed by atoms with van der Waals surface area (Å²) in [5, 5.41) is 11.4. The van der Waals surface area contributed by atoms with Gasteiger partial charge in [-0.25, -0.2) is 0 Å². The van der Waals surface area contributed by atoms with E-state index >= 15 is 0 Å². The number of hydrogen-bond donors (Lipinski definition) is 1. The Morgan fingerprint density at radius 1 is 1.12 bits per heavy atom. The topological polar surface area (TPSA) is 83.5 Å². The van der Waals surface area contributed by atoms with Gasteiger partial charge in [-0.1, -0.05) is 6.08 Å². The highest BCUT2D eigenvalue weighted by atomic mass is 16.8. The summed E-state index contributed by atoms with van der Waals surface area (Å²) in [6, 6.07) is 0. The minimum Gasteiger partial charge on any atom is -0.384 e. The van der Waals surface area contributed by atoms with Gasteiger partial charge < -0.3 is 28.8 Å². The molecule has 0 amide bonds. The normalized spacial score (nSPS) is 43.4. The lowest BCUT2D eigenvalue weighted by Crippen LogP contribution is -2.53. The van der Waals surface area contributed by atoms with E-state index in [0.717, 1.165) is 0 Å². The first-order chi connectivity index (χ1) is 11.0. The molecule has 7 nitrogen and oxygen atoms in total. The molecule has 0 unspecified atom stereocenters. The van der Waals surface area contributed by atoms with Crippen molar-refractivity contribution in [2.75, 3.05) is 6.61 Å². The maximum absolute atomic E-state index is 11.4. The van der Waals surface area contributed by atoms with Gasteiger partial charge in [-0.05, 0) is 47.1 Å². The van der Waals surface area contributed by atoms with Crippen LogP contribution < -0.4 is 0 Å². The van der Waals surface area contributed by atoms with E-state index in [-0.39, 0.29) is 12.2 Å². The Balaban J connectivity index is 1.84. The van der Waals surface area contributed by atoms with E-state index in [1.807, 2.05) is 13.8 Å². The molecule has 5 atom stereocenters. The Hall–Kier alpha value is -0.830. The van der Waals surface area contributed by atoms with Gasteiger partial charge in [-0.15, -0.1) is 0 Å². The van der Waals surface area contributed by atoms with Gasteiger partial charge in [0.15, 0.2) is 23.6 Å². The first-order valence-corrected chi connectivity index (χ1v) is 8.25. The number of allylic oxidation sites excluding steroid dienone is 1. The predicted octanol–water partition coefficient (Wildman–Crippen LogP) is 1.28. The van der Waals surface area contributed by atoms with Crippen LogP contribution in [0.15, 0.2) is 12.2 Å². The van der Waals surface area contributed by atoms with Gasteiger partial charge in [-0.3, -0.25) is 4.79 Å². The first-order valence-electron chi connectivity index (χ1n) is 8.25. The Kier molecular flexibility index (Phi) is 4.39. The van der Waals surface area contributed by atoms with Crippen molar-refractivity contribution >= 4 is 5.78 Å². The molecule has 3 aliphatic heterocycles. The van der Waals surface area contributed by atoms with Crippen LogP contribution in [0.5, 0.6) is 0 Å². The number of aliphatic hydroxyl groups is 1. The summed E-state index contributed by atoms with van der Waals surface area (Å²) in [6.07, 6.45) is 0.779. The van der Waals surface area contributed by atoms with Crippen LogP contribution in [0.3, 0.4) is 0 Å². The third-order valence-corrected chi connectivity index (χ3v) is 4.49. The van der Waals surface area contributed by atoms with E-state index in [1.54, 1.807) is 19.9 Å².